The summed E-state index contributed by atoms with van der Waals surface area (Å²) < 4.78 is 5.35. The predicted octanol–water partition coefficient (Wildman–Crippen LogP) is 3.04. The van der Waals surface area contributed by atoms with Crippen LogP contribution in [0.25, 0.3) is 0 Å². The summed E-state index contributed by atoms with van der Waals surface area (Å²) in [5, 5.41) is 12.4. The Balaban J connectivity index is 2.01. The van der Waals surface area contributed by atoms with Crippen LogP contribution in [-0.4, -0.2) is 24.7 Å². The highest BCUT2D eigenvalue weighted by Crippen LogP contribution is 2.28. The summed E-state index contributed by atoms with van der Waals surface area (Å²) in [7, 11) is 1.63. The third-order valence-electron chi connectivity index (χ3n) is 3.88. The molecule has 122 valence electrons. The van der Waals surface area contributed by atoms with Gasteiger partial charge in [-0.25, -0.2) is 0 Å². The summed E-state index contributed by atoms with van der Waals surface area (Å²) in [5.41, 5.74) is 1.90. The number of carbonyl (C=O) groups excluding carboxylic acids is 1. The van der Waals surface area contributed by atoms with Crippen LogP contribution in [0.4, 0.5) is 0 Å². The second kappa shape index (κ2) is 8.34. The van der Waals surface area contributed by atoms with Gasteiger partial charge in [-0.2, -0.15) is 0 Å². The number of benzene rings is 2. The minimum Gasteiger partial charge on any atom is -0.496 e. The quantitative estimate of drug-likeness (QED) is 0.826. The number of hydrogen-bond acceptors (Lipinski definition) is 3. The van der Waals surface area contributed by atoms with Gasteiger partial charge in [-0.15, -0.1) is 0 Å². The predicted molar refractivity (Wildman–Crippen MR) is 90.4 cm³/mol. The molecule has 0 saturated heterocycles. The molecular weight excluding hydrogens is 290 g/mol. The molecule has 0 radical (unpaired) electrons. The van der Waals surface area contributed by atoms with Crippen molar-refractivity contribution in [2.75, 3.05) is 13.7 Å². The van der Waals surface area contributed by atoms with E-state index >= 15 is 0 Å². The van der Waals surface area contributed by atoms with Gasteiger partial charge < -0.3 is 15.2 Å². The number of para-hydroxylation sites is 1. The maximum atomic E-state index is 12.3. The second-order valence-electron chi connectivity index (χ2n) is 5.56. The lowest BCUT2D eigenvalue weighted by atomic mass is 9.96. The molecule has 2 aromatic rings. The number of rotatable bonds is 7. The Morgan fingerprint density at radius 2 is 1.78 bits per heavy atom. The molecule has 0 heterocycles. The Morgan fingerprint density at radius 1 is 1.13 bits per heavy atom. The van der Waals surface area contributed by atoms with E-state index in [1.54, 1.807) is 7.11 Å². The van der Waals surface area contributed by atoms with Gasteiger partial charge in [0, 0.05) is 6.42 Å². The number of methoxy groups -OCH3 is 1. The van der Waals surface area contributed by atoms with E-state index in [1.165, 1.54) is 0 Å². The number of amides is 1. The number of aliphatic hydroxyl groups is 1. The van der Waals surface area contributed by atoms with E-state index in [1.807, 2.05) is 61.5 Å². The molecule has 2 atom stereocenters. The number of nitrogens with one attached hydrogen (secondary N) is 1. The molecular formula is C19H23NO3. The zero-order valence-electron chi connectivity index (χ0n) is 13.5. The van der Waals surface area contributed by atoms with Crippen molar-refractivity contribution in [2.24, 2.45) is 0 Å². The van der Waals surface area contributed by atoms with Crippen molar-refractivity contribution >= 4 is 5.91 Å². The molecule has 0 aliphatic heterocycles. The van der Waals surface area contributed by atoms with Crippen LogP contribution in [0.1, 0.15) is 36.4 Å². The van der Waals surface area contributed by atoms with Crippen molar-refractivity contribution < 1.29 is 14.6 Å². The Labute approximate surface area is 137 Å². The lowest BCUT2D eigenvalue weighted by molar-refractivity contribution is -0.122. The zero-order chi connectivity index (χ0) is 16.7. The maximum Gasteiger partial charge on any atom is 0.221 e. The monoisotopic (exact) mass is 313 g/mol. The molecule has 0 aliphatic rings. The van der Waals surface area contributed by atoms with E-state index < -0.39 is 0 Å². The summed E-state index contributed by atoms with van der Waals surface area (Å²) in [4.78, 5) is 12.3. The molecule has 4 nitrogen and oxygen atoms in total. The van der Waals surface area contributed by atoms with Gasteiger partial charge in [0.2, 0.25) is 5.91 Å². The fraction of sp³-hybridized carbons (Fsp3) is 0.316. The SMILES string of the molecule is COc1ccccc1C(C)CC(=O)NC(CO)c1ccccc1. The maximum absolute atomic E-state index is 12.3. The van der Waals surface area contributed by atoms with Gasteiger partial charge in [0.1, 0.15) is 5.75 Å². The van der Waals surface area contributed by atoms with Crippen molar-refractivity contribution in [1.82, 2.24) is 5.32 Å². The minimum atomic E-state index is -0.381. The fourth-order valence-electron chi connectivity index (χ4n) is 2.63. The molecule has 0 spiro atoms. The van der Waals surface area contributed by atoms with Crippen LogP contribution in [-0.2, 0) is 4.79 Å². The number of ether oxygens (including phenoxy) is 1. The average Bonchev–Trinajstić information content (AvgIpc) is 2.60. The Morgan fingerprint density at radius 3 is 2.43 bits per heavy atom. The van der Waals surface area contributed by atoms with Gasteiger partial charge in [-0.3, -0.25) is 4.79 Å². The number of aliphatic hydroxyl groups excluding tert-OH is 1. The van der Waals surface area contributed by atoms with Crippen molar-refractivity contribution in [1.29, 1.82) is 0 Å². The van der Waals surface area contributed by atoms with Crippen LogP contribution in [0.15, 0.2) is 54.6 Å². The largest absolute Gasteiger partial charge is 0.496 e. The molecule has 2 unspecified atom stereocenters. The van der Waals surface area contributed by atoms with E-state index in [2.05, 4.69) is 5.32 Å². The average molecular weight is 313 g/mol. The van der Waals surface area contributed by atoms with Crippen LogP contribution >= 0.6 is 0 Å². The van der Waals surface area contributed by atoms with Gasteiger partial charge in [-0.05, 0) is 23.1 Å². The molecule has 0 saturated carbocycles. The van der Waals surface area contributed by atoms with E-state index in [0.29, 0.717) is 6.42 Å². The highest BCUT2D eigenvalue weighted by Gasteiger charge is 2.18. The summed E-state index contributed by atoms with van der Waals surface area (Å²) >= 11 is 0. The van der Waals surface area contributed by atoms with Crippen LogP contribution < -0.4 is 10.1 Å². The molecule has 2 rings (SSSR count). The lowest BCUT2D eigenvalue weighted by Gasteiger charge is -2.19. The Hall–Kier alpha value is -2.33. The minimum absolute atomic E-state index is 0.0290. The van der Waals surface area contributed by atoms with Crippen molar-refractivity contribution in [3.05, 3.63) is 65.7 Å². The summed E-state index contributed by atoms with van der Waals surface area (Å²) in [6, 6.07) is 16.8. The molecule has 23 heavy (non-hydrogen) atoms. The zero-order valence-corrected chi connectivity index (χ0v) is 13.5. The van der Waals surface area contributed by atoms with Gasteiger partial charge >= 0.3 is 0 Å². The third kappa shape index (κ3) is 4.57. The van der Waals surface area contributed by atoms with Gasteiger partial charge in [0.05, 0.1) is 19.8 Å². The van der Waals surface area contributed by atoms with E-state index in [0.717, 1.165) is 16.9 Å². The molecule has 2 aromatic carbocycles. The first kappa shape index (κ1) is 17.0. The van der Waals surface area contributed by atoms with Crippen LogP contribution in [0.5, 0.6) is 5.75 Å². The summed E-state index contributed by atoms with van der Waals surface area (Å²) in [5.74, 6) is 0.724. The number of carbonyl (C=O) groups is 1. The third-order valence-corrected chi connectivity index (χ3v) is 3.88. The first-order chi connectivity index (χ1) is 11.2. The highest BCUT2D eigenvalue weighted by molar-refractivity contribution is 5.77. The molecule has 0 bridgehead atoms. The molecule has 0 fully saturated rings. The van der Waals surface area contributed by atoms with Gasteiger partial charge in [0.15, 0.2) is 0 Å². The number of hydrogen-bond donors (Lipinski definition) is 2. The van der Waals surface area contributed by atoms with Gasteiger partial charge in [0.25, 0.3) is 0 Å². The molecule has 1 amide bonds. The highest BCUT2D eigenvalue weighted by atomic mass is 16.5. The molecule has 0 aliphatic carbocycles. The lowest BCUT2D eigenvalue weighted by Crippen LogP contribution is -2.31. The Bertz CT molecular complexity index is 628. The van der Waals surface area contributed by atoms with Crippen molar-refractivity contribution in [3.63, 3.8) is 0 Å². The van der Waals surface area contributed by atoms with E-state index in [4.69, 9.17) is 4.74 Å². The fourth-order valence-corrected chi connectivity index (χ4v) is 2.63. The van der Waals surface area contributed by atoms with Gasteiger partial charge in [-0.1, -0.05) is 55.5 Å². The topological polar surface area (TPSA) is 58.6 Å². The molecule has 4 heteroatoms. The van der Waals surface area contributed by atoms with E-state index in [9.17, 15) is 9.90 Å². The molecule has 0 aromatic heterocycles. The van der Waals surface area contributed by atoms with E-state index in [-0.39, 0.29) is 24.5 Å². The Kier molecular flexibility index (Phi) is 6.18. The van der Waals surface area contributed by atoms with Crippen molar-refractivity contribution in [2.45, 2.75) is 25.3 Å². The normalized spacial score (nSPS) is 13.2. The first-order valence-corrected chi connectivity index (χ1v) is 7.73. The van der Waals surface area contributed by atoms with Crippen LogP contribution in [0.2, 0.25) is 0 Å². The van der Waals surface area contributed by atoms with Crippen molar-refractivity contribution in [3.8, 4) is 5.75 Å². The smallest absolute Gasteiger partial charge is 0.221 e. The first-order valence-electron chi connectivity index (χ1n) is 7.73. The second-order valence-corrected chi connectivity index (χ2v) is 5.56. The molecule has 2 N–H and O–H groups in total. The summed E-state index contributed by atoms with van der Waals surface area (Å²) in [6.45, 7) is 1.87. The standard InChI is InChI=1S/C19H23NO3/c1-14(16-10-6-7-11-18(16)23-2)12-19(22)20-17(13-21)15-8-4-3-5-9-15/h3-11,14,17,21H,12-13H2,1-2H3,(H,20,22). The van der Waals surface area contributed by atoms with Crippen LogP contribution in [0.3, 0.4) is 0 Å². The van der Waals surface area contributed by atoms with Crippen LogP contribution in [0, 0.1) is 0 Å². The summed E-state index contributed by atoms with van der Waals surface area (Å²) in [6.07, 6.45) is 0.337.